The van der Waals surface area contributed by atoms with Crippen LogP contribution in [0.5, 0.6) is 0 Å². The van der Waals surface area contributed by atoms with E-state index in [2.05, 4.69) is 29.8 Å². The fourth-order valence-electron chi connectivity index (χ4n) is 1.94. The number of sulfonamides is 1. The number of hydrogen-bond acceptors (Lipinski definition) is 3. The third kappa shape index (κ3) is 3.94. The Labute approximate surface area is 124 Å². The SMILES string of the molecule is CC(C)CC(C)N(C)S(=O)(=O)c1cc(N)ccc1Br. The third-order valence-corrected chi connectivity index (χ3v) is 6.01. The van der Waals surface area contributed by atoms with Crippen molar-refractivity contribution in [2.75, 3.05) is 12.8 Å². The summed E-state index contributed by atoms with van der Waals surface area (Å²) in [5, 5.41) is 0. The number of nitrogens with zero attached hydrogens (tertiary/aromatic N) is 1. The van der Waals surface area contributed by atoms with E-state index in [1.165, 1.54) is 10.4 Å². The van der Waals surface area contributed by atoms with E-state index in [4.69, 9.17) is 5.73 Å². The van der Waals surface area contributed by atoms with Crippen LogP contribution in [-0.4, -0.2) is 25.8 Å². The lowest BCUT2D eigenvalue weighted by Crippen LogP contribution is -2.36. The lowest BCUT2D eigenvalue weighted by Gasteiger charge is -2.26. The molecule has 0 heterocycles. The van der Waals surface area contributed by atoms with E-state index in [1.807, 2.05) is 6.92 Å². The minimum Gasteiger partial charge on any atom is -0.399 e. The lowest BCUT2D eigenvalue weighted by atomic mass is 10.1. The second kappa shape index (κ2) is 6.24. The number of nitrogens with two attached hydrogens (primary N) is 1. The van der Waals surface area contributed by atoms with Crippen LogP contribution in [0.2, 0.25) is 0 Å². The number of anilines is 1. The molecule has 0 saturated carbocycles. The molecule has 1 atom stereocenters. The van der Waals surface area contributed by atoms with Crippen molar-refractivity contribution in [2.45, 2.75) is 38.1 Å². The quantitative estimate of drug-likeness (QED) is 0.831. The first-order valence-electron chi connectivity index (χ1n) is 6.19. The molecule has 0 aliphatic heterocycles. The number of nitrogen functional groups attached to an aromatic ring is 1. The molecule has 0 aliphatic carbocycles. The number of halogens is 1. The summed E-state index contributed by atoms with van der Waals surface area (Å²) in [5.41, 5.74) is 6.11. The molecule has 6 heteroatoms. The van der Waals surface area contributed by atoms with Crippen LogP contribution < -0.4 is 5.73 Å². The predicted molar refractivity (Wildman–Crippen MR) is 82.4 cm³/mol. The molecule has 1 rings (SSSR count). The Morgan fingerprint density at radius 1 is 1.32 bits per heavy atom. The zero-order valence-corrected chi connectivity index (χ0v) is 14.1. The maximum Gasteiger partial charge on any atom is 0.244 e. The second-order valence-corrected chi connectivity index (χ2v) is 8.01. The average molecular weight is 349 g/mol. The molecule has 1 aromatic carbocycles. The van der Waals surface area contributed by atoms with E-state index in [0.29, 0.717) is 16.1 Å². The molecule has 2 N–H and O–H groups in total. The van der Waals surface area contributed by atoms with Gasteiger partial charge in [-0.05, 0) is 53.4 Å². The largest absolute Gasteiger partial charge is 0.399 e. The van der Waals surface area contributed by atoms with Gasteiger partial charge in [-0.25, -0.2) is 8.42 Å². The topological polar surface area (TPSA) is 63.4 Å². The van der Waals surface area contributed by atoms with Crippen LogP contribution in [0.4, 0.5) is 5.69 Å². The van der Waals surface area contributed by atoms with Gasteiger partial charge in [-0.1, -0.05) is 13.8 Å². The fourth-order valence-corrected chi connectivity index (χ4v) is 4.27. The van der Waals surface area contributed by atoms with E-state index in [-0.39, 0.29) is 10.9 Å². The Kier molecular flexibility index (Phi) is 5.41. The van der Waals surface area contributed by atoms with Gasteiger partial charge in [0.25, 0.3) is 0 Å². The van der Waals surface area contributed by atoms with E-state index >= 15 is 0 Å². The molecule has 0 aromatic heterocycles. The summed E-state index contributed by atoms with van der Waals surface area (Å²) in [6, 6.07) is 4.75. The minimum atomic E-state index is -3.53. The first-order valence-corrected chi connectivity index (χ1v) is 8.42. The van der Waals surface area contributed by atoms with Gasteiger partial charge in [0.2, 0.25) is 10.0 Å². The Morgan fingerprint density at radius 2 is 1.89 bits per heavy atom. The van der Waals surface area contributed by atoms with Gasteiger partial charge in [-0.3, -0.25) is 0 Å². The van der Waals surface area contributed by atoms with Crippen LogP contribution in [0.1, 0.15) is 27.2 Å². The van der Waals surface area contributed by atoms with E-state index < -0.39 is 10.0 Å². The summed E-state index contributed by atoms with van der Waals surface area (Å²) in [4.78, 5) is 0.214. The van der Waals surface area contributed by atoms with Gasteiger partial charge in [0, 0.05) is 23.2 Å². The molecule has 108 valence electrons. The minimum absolute atomic E-state index is 0.0571. The molecule has 0 bridgehead atoms. The summed E-state index contributed by atoms with van der Waals surface area (Å²) in [5.74, 6) is 0.442. The molecule has 0 radical (unpaired) electrons. The molecule has 1 aromatic rings. The van der Waals surface area contributed by atoms with Crippen LogP contribution >= 0.6 is 15.9 Å². The van der Waals surface area contributed by atoms with Crippen LogP contribution in [0, 0.1) is 5.92 Å². The van der Waals surface area contributed by atoms with Gasteiger partial charge in [-0.15, -0.1) is 0 Å². The van der Waals surface area contributed by atoms with Crippen molar-refractivity contribution >= 4 is 31.6 Å². The smallest absolute Gasteiger partial charge is 0.244 e. The lowest BCUT2D eigenvalue weighted by molar-refractivity contribution is 0.337. The van der Waals surface area contributed by atoms with Crippen LogP contribution in [-0.2, 0) is 10.0 Å². The van der Waals surface area contributed by atoms with Gasteiger partial charge < -0.3 is 5.73 Å². The zero-order chi connectivity index (χ0) is 14.8. The summed E-state index contributed by atoms with van der Waals surface area (Å²) in [6.07, 6.45) is 0.815. The Balaban J connectivity index is 3.13. The van der Waals surface area contributed by atoms with Gasteiger partial charge in [0.1, 0.15) is 0 Å². The number of rotatable bonds is 5. The maximum atomic E-state index is 12.6. The molecular formula is C13H21BrN2O2S. The highest BCUT2D eigenvalue weighted by molar-refractivity contribution is 9.10. The molecule has 19 heavy (non-hydrogen) atoms. The Hall–Kier alpha value is -0.590. The van der Waals surface area contributed by atoms with Crippen molar-refractivity contribution < 1.29 is 8.42 Å². The van der Waals surface area contributed by atoms with Gasteiger partial charge in [0.15, 0.2) is 0 Å². The average Bonchev–Trinajstić information content (AvgIpc) is 2.30. The maximum absolute atomic E-state index is 12.6. The molecule has 1 unspecified atom stereocenters. The van der Waals surface area contributed by atoms with E-state index in [0.717, 1.165) is 6.42 Å². The Morgan fingerprint density at radius 3 is 2.42 bits per heavy atom. The van der Waals surface area contributed by atoms with Gasteiger partial charge in [0.05, 0.1) is 4.90 Å². The summed E-state index contributed by atoms with van der Waals surface area (Å²) >= 11 is 3.27. The summed E-state index contributed by atoms with van der Waals surface area (Å²) < 4.78 is 27.1. The Bertz CT molecular complexity index is 544. The standard InChI is InChI=1S/C13H21BrN2O2S/c1-9(2)7-10(3)16(4)19(17,18)13-8-11(15)5-6-12(13)14/h5-6,8-10H,7,15H2,1-4H3. The summed E-state index contributed by atoms with van der Waals surface area (Å²) in [7, 11) is -1.92. The molecule has 4 nitrogen and oxygen atoms in total. The summed E-state index contributed by atoms with van der Waals surface area (Å²) in [6.45, 7) is 6.07. The highest BCUT2D eigenvalue weighted by Crippen LogP contribution is 2.28. The van der Waals surface area contributed by atoms with Crippen LogP contribution in [0.25, 0.3) is 0 Å². The normalized spacial score (nSPS) is 14.1. The molecule has 0 amide bonds. The fraction of sp³-hybridized carbons (Fsp3) is 0.538. The van der Waals surface area contributed by atoms with Crippen molar-refractivity contribution in [3.05, 3.63) is 22.7 Å². The van der Waals surface area contributed by atoms with E-state index in [9.17, 15) is 8.42 Å². The van der Waals surface area contributed by atoms with Crippen molar-refractivity contribution in [1.29, 1.82) is 0 Å². The first-order chi connectivity index (χ1) is 8.66. The molecule has 0 saturated heterocycles. The second-order valence-electron chi connectivity index (χ2n) is 5.19. The van der Waals surface area contributed by atoms with E-state index in [1.54, 1.807) is 19.2 Å². The number of hydrogen-bond donors (Lipinski definition) is 1. The van der Waals surface area contributed by atoms with Crippen molar-refractivity contribution in [3.8, 4) is 0 Å². The van der Waals surface area contributed by atoms with Crippen molar-refractivity contribution in [1.82, 2.24) is 4.31 Å². The van der Waals surface area contributed by atoms with Crippen LogP contribution in [0.3, 0.4) is 0 Å². The highest BCUT2D eigenvalue weighted by atomic mass is 79.9. The third-order valence-electron chi connectivity index (χ3n) is 3.05. The number of benzene rings is 1. The molecular weight excluding hydrogens is 328 g/mol. The zero-order valence-electron chi connectivity index (χ0n) is 11.7. The first kappa shape index (κ1) is 16.5. The molecule has 0 fully saturated rings. The van der Waals surface area contributed by atoms with Crippen molar-refractivity contribution in [2.24, 2.45) is 5.92 Å². The highest BCUT2D eigenvalue weighted by Gasteiger charge is 2.27. The van der Waals surface area contributed by atoms with Crippen molar-refractivity contribution in [3.63, 3.8) is 0 Å². The monoisotopic (exact) mass is 348 g/mol. The molecule has 0 aliphatic rings. The predicted octanol–water partition coefficient (Wildman–Crippen LogP) is 3.09. The van der Waals surface area contributed by atoms with Gasteiger partial charge >= 0.3 is 0 Å². The van der Waals surface area contributed by atoms with Gasteiger partial charge in [-0.2, -0.15) is 4.31 Å². The van der Waals surface area contributed by atoms with Crippen LogP contribution in [0.15, 0.2) is 27.6 Å². The molecule has 0 spiro atoms.